The number of amides is 2. The molecular formula is C21H27N3O3. The Labute approximate surface area is 160 Å². The molecule has 1 aromatic carbocycles. The van der Waals surface area contributed by atoms with E-state index in [1.807, 2.05) is 48.0 Å². The second kappa shape index (κ2) is 8.29. The smallest absolute Gasteiger partial charge is 0.228 e. The molecule has 2 aromatic rings. The number of carbonyl (C=O) groups is 2. The van der Waals surface area contributed by atoms with Crippen molar-refractivity contribution in [2.24, 2.45) is 0 Å². The van der Waals surface area contributed by atoms with E-state index in [0.29, 0.717) is 39.0 Å². The van der Waals surface area contributed by atoms with Crippen LogP contribution in [0.15, 0.2) is 30.5 Å². The molecule has 0 spiro atoms. The SMILES string of the molecule is COc1cc(C)cc(C)c1CC(=O)N1CCN(C(=O)Cc2ccc[nH]2)CC1. The molecule has 144 valence electrons. The third-order valence-corrected chi connectivity index (χ3v) is 5.11. The first-order valence-electron chi connectivity index (χ1n) is 9.30. The van der Waals surface area contributed by atoms with E-state index in [1.165, 1.54) is 0 Å². The van der Waals surface area contributed by atoms with E-state index in [0.717, 1.165) is 28.1 Å². The lowest BCUT2D eigenvalue weighted by Crippen LogP contribution is -2.51. The highest BCUT2D eigenvalue weighted by atomic mass is 16.5. The molecule has 2 amide bonds. The number of H-pyrrole nitrogens is 1. The van der Waals surface area contributed by atoms with E-state index in [2.05, 4.69) is 11.1 Å². The zero-order valence-corrected chi connectivity index (χ0v) is 16.2. The van der Waals surface area contributed by atoms with Gasteiger partial charge in [-0.1, -0.05) is 6.07 Å². The van der Waals surface area contributed by atoms with Crippen molar-refractivity contribution in [3.05, 3.63) is 52.8 Å². The summed E-state index contributed by atoms with van der Waals surface area (Å²) in [7, 11) is 1.64. The fourth-order valence-corrected chi connectivity index (χ4v) is 3.59. The highest BCUT2D eigenvalue weighted by Crippen LogP contribution is 2.25. The zero-order chi connectivity index (χ0) is 19.4. The number of methoxy groups -OCH3 is 1. The van der Waals surface area contributed by atoms with Crippen LogP contribution in [0.5, 0.6) is 5.75 Å². The molecule has 1 saturated heterocycles. The normalized spacial score (nSPS) is 14.3. The molecule has 0 aliphatic carbocycles. The van der Waals surface area contributed by atoms with Gasteiger partial charge in [-0.05, 0) is 43.2 Å². The van der Waals surface area contributed by atoms with Gasteiger partial charge in [0.2, 0.25) is 11.8 Å². The van der Waals surface area contributed by atoms with Crippen LogP contribution in [-0.2, 0) is 22.4 Å². The summed E-state index contributed by atoms with van der Waals surface area (Å²) in [5, 5.41) is 0. The first-order chi connectivity index (χ1) is 13.0. The number of nitrogens with one attached hydrogen (secondary N) is 1. The van der Waals surface area contributed by atoms with Crippen molar-refractivity contribution in [1.29, 1.82) is 0 Å². The molecule has 1 aliphatic heterocycles. The molecule has 3 rings (SSSR count). The van der Waals surface area contributed by atoms with Crippen molar-refractivity contribution in [2.45, 2.75) is 26.7 Å². The van der Waals surface area contributed by atoms with Gasteiger partial charge >= 0.3 is 0 Å². The monoisotopic (exact) mass is 369 g/mol. The molecular weight excluding hydrogens is 342 g/mol. The summed E-state index contributed by atoms with van der Waals surface area (Å²) < 4.78 is 5.47. The van der Waals surface area contributed by atoms with E-state index in [1.54, 1.807) is 7.11 Å². The van der Waals surface area contributed by atoms with Gasteiger partial charge < -0.3 is 19.5 Å². The van der Waals surface area contributed by atoms with E-state index < -0.39 is 0 Å². The van der Waals surface area contributed by atoms with Gasteiger partial charge in [0.15, 0.2) is 0 Å². The number of ether oxygens (including phenoxy) is 1. The second-order valence-electron chi connectivity index (χ2n) is 7.07. The van der Waals surface area contributed by atoms with Crippen molar-refractivity contribution in [3.8, 4) is 5.75 Å². The first-order valence-corrected chi connectivity index (χ1v) is 9.30. The van der Waals surface area contributed by atoms with Crippen molar-refractivity contribution < 1.29 is 14.3 Å². The van der Waals surface area contributed by atoms with E-state index >= 15 is 0 Å². The minimum Gasteiger partial charge on any atom is -0.496 e. The Morgan fingerprint density at radius 3 is 2.22 bits per heavy atom. The average molecular weight is 369 g/mol. The standard InChI is InChI=1S/C21H27N3O3/c1-15-11-16(2)18(19(12-15)27-3)14-21(26)24-9-7-23(8-10-24)20(25)13-17-5-4-6-22-17/h4-6,11-12,22H,7-10,13-14H2,1-3H3. The van der Waals surface area contributed by atoms with Crippen LogP contribution in [0.1, 0.15) is 22.4 Å². The summed E-state index contributed by atoms with van der Waals surface area (Å²) in [4.78, 5) is 31.9. The molecule has 0 saturated carbocycles. The topological polar surface area (TPSA) is 65.6 Å². The first kappa shape index (κ1) is 19.0. The lowest BCUT2D eigenvalue weighted by molar-refractivity contribution is -0.138. The van der Waals surface area contributed by atoms with Crippen LogP contribution in [0.2, 0.25) is 0 Å². The molecule has 0 radical (unpaired) electrons. The van der Waals surface area contributed by atoms with Crippen LogP contribution in [0.3, 0.4) is 0 Å². The molecule has 6 heteroatoms. The van der Waals surface area contributed by atoms with Crippen LogP contribution < -0.4 is 4.74 Å². The van der Waals surface area contributed by atoms with Crippen LogP contribution in [-0.4, -0.2) is 59.9 Å². The Balaban J connectivity index is 1.57. The molecule has 6 nitrogen and oxygen atoms in total. The minimum absolute atomic E-state index is 0.0803. The molecule has 27 heavy (non-hydrogen) atoms. The van der Waals surface area contributed by atoms with Crippen LogP contribution in [0.4, 0.5) is 0 Å². The molecule has 1 N–H and O–H groups in total. The second-order valence-corrected chi connectivity index (χ2v) is 7.07. The number of piperazine rings is 1. The average Bonchev–Trinajstić information content (AvgIpc) is 3.16. The fraction of sp³-hybridized carbons (Fsp3) is 0.429. The predicted molar refractivity (Wildman–Crippen MR) is 104 cm³/mol. The van der Waals surface area contributed by atoms with Crippen molar-refractivity contribution in [3.63, 3.8) is 0 Å². The number of rotatable bonds is 5. The van der Waals surface area contributed by atoms with Gasteiger partial charge in [0.05, 0.1) is 20.0 Å². The maximum Gasteiger partial charge on any atom is 0.228 e. The van der Waals surface area contributed by atoms with E-state index in [-0.39, 0.29) is 11.8 Å². The number of aromatic nitrogens is 1. The lowest BCUT2D eigenvalue weighted by Gasteiger charge is -2.35. The molecule has 0 bridgehead atoms. The Kier molecular flexibility index (Phi) is 5.84. The third-order valence-electron chi connectivity index (χ3n) is 5.11. The largest absolute Gasteiger partial charge is 0.496 e. The fourth-order valence-electron chi connectivity index (χ4n) is 3.59. The summed E-state index contributed by atoms with van der Waals surface area (Å²) >= 11 is 0. The van der Waals surface area contributed by atoms with Crippen LogP contribution in [0.25, 0.3) is 0 Å². The summed E-state index contributed by atoms with van der Waals surface area (Å²) in [6.07, 6.45) is 2.52. The zero-order valence-electron chi connectivity index (χ0n) is 16.2. The Bertz CT molecular complexity index is 806. The molecule has 0 atom stereocenters. The molecule has 1 aromatic heterocycles. The van der Waals surface area contributed by atoms with Crippen molar-refractivity contribution >= 4 is 11.8 Å². The minimum atomic E-state index is 0.0803. The van der Waals surface area contributed by atoms with Gasteiger partial charge in [0.25, 0.3) is 0 Å². The maximum absolute atomic E-state index is 12.8. The Morgan fingerprint density at radius 2 is 1.67 bits per heavy atom. The van der Waals surface area contributed by atoms with Crippen LogP contribution in [0, 0.1) is 13.8 Å². The van der Waals surface area contributed by atoms with Crippen molar-refractivity contribution in [2.75, 3.05) is 33.3 Å². The number of aromatic amines is 1. The summed E-state index contributed by atoms with van der Waals surface area (Å²) in [6, 6.07) is 7.84. The van der Waals surface area contributed by atoms with Gasteiger partial charge in [0.1, 0.15) is 5.75 Å². The van der Waals surface area contributed by atoms with Crippen molar-refractivity contribution in [1.82, 2.24) is 14.8 Å². The van der Waals surface area contributed by atoms with Gasteiger partial charge in [-0.2, -0.15) is 0 Å². The number of benzene rings is 1. The summed E-state index contributed by atoms with van der Waals surface area (Å²) in [6.45, 7) is 6.33. The van der Waals surface area contributed by atoms with Gasteiger partial charge in [-0.15, -0.1) is 0 Å². The number of nitrogens with zero attached hydrogens (tertiary/aromatic N) is 2. The molecule has 0 unspecified atom stereocenters. The number of aryl methyl sites for hydroxylation is 2. The van der Waals surface area contributed by atoms with Gasteiger partial charge in [0, 0.05) is 43.6 Å². The number of carbonyl (C=O) groups excluding carboxylic acids is 2. The quantitative estimate of drug-likeness (QED) is 0.878. The summed E-state index contributed by atoms with van der Waals surface area (Å²) in [5.41, 5.74) is 4.05. The highest BCUT2D eigenvalue weighted by molar-refractivity contribution is 5.81. The summed E-state index contributed by atoms with van der Waals surface area (Å²) in [5.74, 6) is 0.943. The Hall–Kier alpha value is -2.76. The molecule has 1 fully saturated rings. The lowest BCUT2D eigenvalue weighted by atomic mass is 10.0. The maximum atomic E-state index is 12.8. The predicted octanol–water partition coefficient (Wildman–Crippen LogP) is 2.10. The van der Waals surface area contributed by atoms with Crippen LogP contribution >= 0.6 is 0 Å². The highest BCUT2D eigenvalue weighted by Gasteiger charge is 2.25. The number of hydrogen-bond donors (Lipinski definition) is 1. The third kappa shape index (κ3) is 4.51. The number of hydrogen-bond acceptors (Lipinski definition) is 3. The molecule has 1 aliphatic rings. The van der Waals surface area contributed by atoms with Gasteiger partial charge in [-0.25, -0.2) is 0 Å². The van der Waals surface area contributed by atoms with Gasteiger partial charge in [-0.3, -0.25) is 9.59 Å². The van der Waals surface area contributed by atoms with E-state index in [4.69, 9.17) is 4.74 Å². The van der Waals surface area contributed by atoms with E-state index in [9.17, 15) is 9.59 Å². The Morgan fingerprint density at radius 1 is 1.04 bits per heavy atom. The molecule has 2 heterocycles.